The van der Waals surface area contributed by atoms with Gasteiger partial charge >= 0.3 is 0 Å². The number of rotatable bonds is 2. The summed E-state index contributed by atoms with van der Waals surface area (Å²) in [6.45, 7) is 6.77. The third-order valence-corrected chi connectivity index (χ3v) is 3.35. The first-order valence-corrected chi connectivity index (χ1v) is 4.63. The van der Waals surface area contributed by atoms with Crippen molar-refractivity contribution in [1.82, 2.24) is 0 Å². The topological polar surface area (TPSA) is 23.8 Å². The highest BCUT2D eigenvalue weighted by atomic mass is 14.4. The number of hydrogen-bond acceptors (Lipinski definition) is 1. The second-order valence-corrected chi connectivity index (χ2v) is 4.24. The molecule has 0 saturated heterocycles. The van der Waals surface area contributed by atoms with Crippen molar-refractivity contribution in [2.24, 2.45) is 11.3 Å². The van der Waals surface area contributed by atoms with Crippen molar-refractivity contribution >= 4 is 0 Å². The van der Waals surface area contributed by atoms with E-state index in [-0.39, 0.29) is 0 Å². The molecule has 0 bridgehead atoms. The van der Waals surface area contributed by atoms with Gasteiger partial charge in [0.15, 0.2) is 0 Å². The molecule has 1 rings (SSSR count). The molecular weight excluding hydrogens is 146 g/mol. The molecule has 0 N–H and O–H groups in total. The van der Waals surface area contributed by atoms with Gasteiger partial charge in [0.1, 0.15) is 0 Å². The molecule has 1 unspecified atom stereocenters. The fourth-order valence-corrected chi connectivity index (χ4v) is 1.92. The monoisotopic (exact) mass is 163 g/mol. The Labute approximate surface area is 75.1 Å². The van der Waals surface area contributed by atoms with Gasteiger partial charge in [-0.05, 0) is 31.1 Å². The molecule has 0 radical (unpaired) electrons. The smallest absolute Gasteiger partial charge is 0.0621 e. The van der Waals surface area contributed by atoms with Crippen LogP contribution in [-0.2, 0) is 0 Å². The Balaban J connectivity index is 2.56. The van der Waals surface area contributed by atoms with Crippen LogP contribution in [0.1, 0.15) is 40.0 Å². The van der Waals surface area contributed by atoms with Crippen LogP contribution < -0.4 is 0 Å². The molecule has 0 aliphatic heterocycles. The SMILES string of the molecule is CC1=CCC(CCC#N)C1(C)C. The molecule has 0 saturated carbocycles. The van der Waals surface area contributed by atoms with Crippen molar-refractivity contribution in [3.05, 3.63) is 11.6 Å². The normalized spacial score (nSPS) is 26.5. The van der Waals surface area contributed by atoms with Gasteiger partial charge in [-0.15, -0.1) is 0 Å². The molecule has 12 heavy (non-hydrogen) atoms. The Hall–Kier alpha value is -0.770. The number of allylic oxidation sites excluding steroid dienone is 2. The third-order valence-electron chi connectivity index (χ3n) is 3.35. The molecule has 0 fully saturated rings. The standard InChI is InChI=1S/C11H17N/c1-9-6-7-10(5-4-8-12)11(9,2)3/h6,10H,4-5,7H2,1-3H3. The maximum Gasteiger partial charge on any atom is 0.0621 e. The minimum absolute atomic E-state index is 0.330. The summed E-state index contributed by atoms with van der Waals surface area (Å²) in [6, 6.07) is 2.22. The summed E-state index contributed by atoms with van der Waals surface area (Å²) in [5.74, 6) is 0.692. The van der Waals surface area contributed by atoms with Crippen LogP contribution in [-0.4, -0.2) is 0 Å². The van der Waals surface area contributed by atoms with E-state index in [1.54, 1.807) is 0 Å². The zero-order valence-electron chi connectivity index (χ0n) is 8.22. The van der Waals surface area contributed by atoms with Crippen LogP contribution in [0.25, 0.3) is 0 Å². The van der Waals surface area contributed by atoms with E-state index in [1.165, 1.54) is 12.0 Å². The van der Waals surface area contributed by atoms with Crippen LogP contribution in [0.5, 0.6) is 0 Å². The summed E-state index contributed by atoms with van der Waals surface area (Å²) in [5.41, 5.74) is 1.82. The third kappa shape index (κ3) is 1.53. The van der Waals surface area contributed by atoms with E-state index in [0.29, 0.717) is 17.8 Å². The van der Waals surface area contributed by atoms with Gasteiger partial charge < -0.3 is 0 Å². The summed E-state index contributed by atoms with van der Waals surface area (Å²) in [6.07, 6.45) is 5.25. The summed E-state index contributed by atoms with van der Waals surface area (Å²) in [5, 5.41) is 8.50. The lowest BCUT2D eigenvalue weighted by molar-refractivity contribution is 0.278. The minimum Gasteiger partial charge on any atom is -0.198 e. The Bertz CT molecular complexity index is 230. The summed E-state index contributed by atoms with van der Waals surface area (Å²) in [4.78, 5) is 0. The quantitative estimate of drug-likeness (QED) is 0.573. The van der Waals surface area contributed by atoms with E-state index in [1.807, 2.05) is 0 Å². The lowest BCUT2D eigenvalue weighted by atomic mass is 9.76. The summed E-state index contributed by atoms with van der Waals surface area (Å²) in [7, 11) is 0. The van der Waals surface area contributed by atoms with E-state index in [2.05, 4.69) is 32.9 Å². The molecule has 0 aromatic heterocycles. The van der Waals surface area contributed by atoms with Crippen LogP contribution in [0.2, 0.25) is 0 Å². The van der Waals surface area contributed by atoms with E-state index in [4.69, 9.17) is 5.26 Å². The molecule has 0 heterocycles. The zero-order chi connectivity index (χ0) is 9.19. The molecule has 1 nitrogen and oxygen atoms in total. The zero-order valence-corrected chi connectivity index (χ0v) is 8.22. The maximum atomic E-state index is 8.50. The Morgan fingerprint density at radius 1 is 1.67 bits per heavy atom. The average Bonchev–Trinajstić information content (AvgIpc) is 2.25. The molecular formula is C11H17N. The van der Waals surface area contributed by atoms with E-state index >= 15 is 0 Å². The van der Waals surface area contributed by atoms with Crippen LogP contribution in [0.3, 0.4) is 0 Å². The molecule has 0 aromatic carbocycles. The average molecular weight is 163 g/mol. The highest BCUT2D eigenvalue weighted by Crippen LogP contribution is 2.44. The largest absolute Gasteiger partial charge is 0.198 e. The van der Waals surface area contributed by atoms with Crippen molar-refractivity contribution in [3.8, 4) is 6.07 Å². The first kappa shape index (κ1) is 9.32. The van der Waals surface area contributed by atoms with Gasteiger partial charge in [0, 0.05) is 6.42 Å². The Morgan fingerprint density at radius 2 is 2.33 bits per heavy atom. The molecule has 1 aliphatic carbocycles. The van der Waals surface area contributed by atoms with E-state index in [0.717, 1.165) is 6.42 Å². The number of nitrogens with zero attached hydrogens (tertiary/aromatic N) is 1. The Morgan fingerprint density at radius 3 is 2.75 bits per heavy atom. The second kappa shape index (κ2) is 3.31. The predicted molar refractivity (Wildman–Crippen MR) is 50.5 cm³/mol. The van der Waals surface area contributed by atoms with Gasteiger partial charge in [-0.1, -0.05) is 25.5 Å². The van der Waals surface area contributed by atoms with Crippen molar-refractivity contribution in [1.29, 1.82) is 5.26 Å². The van der Waals surface area contributed by atoms with Crippen molar-refractivity contribution in [3.63, 3.8) is 0 Å². The first-order valence-electron chi connectivity index (χ1n) is 4.63. The lowest BCUT2D eigenvalue weighted by Crippen LogP contribution is -2.20. The molecule has 1 aliphatic rings. The second-order valence-electron chi connectivity index (χ2n) is 4.24. The van der Waals surface area contributed by atoms with Crippen LogP contribution in [0, 0.1) is 22.7 Å². The fourth-order valence-electron chi connectivity index (χ4n) is 1.92. The molecule has 0 amide bonds. The number of hydrogen-bond donors (Lipinski definition) is 0. The Kier molecular flexibility index (Phi) is 2.57. The van der Waals surface area contributed by atoms with Crippen LogP contribution in [0.4, 0.5) is 0 Å². The lowest BCUT2D eigenvalue weighted by Gasteiger charge is -2.29. The van der Waals surface area contributed by atoms with Gasteiger partial charge in [-0.25, -0.2) is 0 Å². The maximum absolute atomic E-state index is 8.50. The molecule has 66 valence electrons. The number of nitriles is 1. The van der Waals surface area contributed by atoms with Crippen LogP contribution >= 0.6 is 0 Å². The molecule has 1 atom stereocenters. The van der Waals surface area contributed by atoms with Crippen LogP contribution in [0.15, 0.2) is 11.6 Å². The van der Waals surface area contributed by atoms with Gasteiger partial charge in [0.25, 0.3) is 0 Å². The molecule has 0 aromatic rings. The summed E-state index contributed by atoms with van der Waals surface area (Å²) < 4.78 is 0. The van der Waals surface area contributed by atoms with Gasteiger partial charge in [0.2, 0.25) is 0 Å². The summed E-state index contributed by atoms with van der Waals surface area (Å²) >= 11 is 0. The highest BCUT2D eigenvalue weighted by Gasteiger charge is 2.33. The van der Waals surface area contributed by atoms with Crippen molar-refractivity contribution < 1.29 is 0 Å². The van der Waals surface area contributed by atoms with E-state index in [9.17, 15) is 0 Å². The highest BCUT2D eigenvalue weighted by molar-refractivity contribution is 5.18. The fraction of sp³-hybridized carbons (Fsp3) is 0.727. The van der Waals surface area contributed by atoms with Gasteiger partial charge in [0.05, 0.1) is 6.07 Å². The minimum atomic E-state index is 0.330. The molecule has 1 heteroatoms. The van der Waals surface area contributed by atoms with Crippen molar-refractivity contribution in [2.45, 2.75) is 40.0 Å². The predicted octanol–water partition coefficient (Wildman–Crippen LogP) is 3.28. The first-order chi connectivity index (χ1) is 5.59. The van der Waals surface area contributed by atoms with E-state index < -0.39 is 0 Å². The van der Waals surface area contributed by atoms with Gasteiger partial charge in [-0.2, -0.15) is 5.26 Å². The van der Waals surface area contributed by atoms with Crippen molar-refractivity contribution in [2.75, 3.05) is 0 Å². The van der Waals surface area contributed by atoms with Gasteiger partial charge in [-0.3, -0.25) is 0 Å². The molecule has 0 spiro atoms.